The van der Waals surface area contributed by atoms with E-state index in [1.54, 1.807) is 6.92 Å². The van der Waals surface area contributed by atoms with Crippen LogP contribution in [0, 0.1) is 13.0 Å². The Morgan fingerprint density at radius 1 is 1.22 bits per heavy atom. The van der Waals surface area contributed by atoms with Gasteiger partial charge in [0.2, 0.25) is 0 Å². The van der Waals surface area contributed by atoms with Gasteiger partial charge >= 0.3 is 0 Å². The summed E-state index contributed by atoms with van der Waals surface area (Å²) < 4.78 is 0. The van der Waals surface area contributed by atoms with Crippen molar-refractivity contribution in [1.29, 1.82) is 0 Å². The van der Waals surface area contributed by atoms with Gasteiger partial charge in [0.1, 0.15) is 16.1 Å². The maximum absolute atomic E-state index is 5.46. The number of hydrogen-bond acceptors (Lipinski definition) is 2. The molecule has 0 fully saturated rings. The van der Waals surface area contributed by atoms with Gasteiger partial charge in [0.15, 0.2) is 0 Å². The molecule has 0 saturated carbocycles. The van der Waals surface area contributed by atoms with E-state index >= 15 is 0 Å². The summed E-state index contributed by atoms with van der Waals surface area (Å²) in [5, 5.41) is 0.514. The predicted octanol–water partition coefficient (Wildman–Crippen LogP) is 1.89. The average molecular weight is 162 g/mol. The number of nitrogens with zero attached hydrogens (tertiary/aromatic N) is 2. The van der Waals surface area contributed by atoms with Crippen molar-refractivity contribution in [2.24, 2.45) is 0 Å². The Morgan fingerprint density at radius 3 is 2.00 bits per heavy atom. The van der Waals surface area contributed by atoms with Crippen LogP contribution < -0.4 is 0 Å². The van der Waals surface area contributed by atoms with Crippen LogP contribution in [0.15, 0.2) is 0 Å². The maximum atomic E-state index is 5.46. The highest BCUT2D eigenvalue weighted by molar-refractivity contribution is 6.32. The third kappa shape index (κ3) is 1.80. The molecule has 47 valence electrons. The number of rotatable bonds is 0. The Labute approximate surface area is 62.8 Å². The Bertz CT molecular complexity index is 174. The molecule has 0 aliphatic carbocycles. The molecule has 0 aliphatic heterocycles. The SMILES string of the molecule is Cc1nc(Cl)[c]c(Cl)n1. The van der Waals surface area contributed by atoms with Crippen molar-refractivity contribution in [2.75, 3.05) is 0 Å². The molecule has 0 bridgehead atoms. The van der Waals surface area contributed by atoms with E-state index in [-0.39, 0.29) is 10.3 Å². The highest BCUT2D eigenvalue weighted by Gasteiger charge is 1.95. The third-order valence-corrected chi connectivity index (χ3v) is 1.08. The molecule has 4 heteroatoms. The smallest absolute Gasteiger partial charge is 0.142 e. The van der Waals surface area contributed by atoms with E-state index in [4.69, 9.17) is 23.2 Å². The predicted molar refractivity (Wildman–Crippen MR) is 35.6 cm³/mol. The molecule has 1 aromatic heterocycles. The van der Waals surface area contributed by atoms with Crippen LogP contribution in [0.25, 0.3) is 0 Å². The largest absolute Gasteiger partial charge is 0.221 e. The van der Waals surface area contributed by atoms with Gasteiger partial charge in [0.25, 0.3) is 0 Å². The zero-order valence-corrected chi connectivity index (χ0v) is 6.16. The van der Waals surface area contributed by atoms with Crippen LogP contribution in [-0.4, -0.2) is 9.97 Å². The van der Waals surface area contributed by atoms with E-state index in [2.05, 4.69) is 16.0 Å². The molecule has 0 amide bonds. The normalized spacial score (nSPS) is 9.67. The second-order valence-corrected chi connectivity index (χ2v) is 2.19. The number of aromatic nitrogens is 2. The van der Waals surface area contributed by atoms with Gasteiger partial charge in [-0.15, -0.1) is 0 Å². The van der Waals surface area contributed by atoms with E-state index in [1.165, 1.54) is 0 Å². The Morgan fingerprint density at radius 2 is 1.67 bits per heavy atom. The van der Waals surface area contributed by atoms with E-state index in [0.717, 1.165) is 0 Å². The molecule has 0 N–H and O–H groups in total. The summed E-state index contributed by atoms with van der Waals surface area (Å²) >= 11 is 10.9. The first-order valence-corrected chi connectivity index (χ1v) is 3.03. The highest BCUT2D eigenvalue weighted by Crippen LogP contribution is 2.09. The van der Waals surface area contributed by atoms with Crippen molar-refractivity contribution < 1.29 is 0 Å². The molecule has 0 unspecified atom stereocenters. The molecule has 0 saturated heterocycles. The first-order chi connectivity index (χ1) is 4.18. The molecule has 1 heterocycles. The van der Waals surface area contributed by atoms with Crippen molar-refractivity contribution >= 4 is 23.2 Å². The fourth-order valence-electron chi connectivity index (χ4n) is 0.450. The number of hydrogen-bond donors (Lipinski definition) is 0. The zero-order valence-electron chi connectivity index (χ0n) is 4.65. The van der Waals surface area contributed by atoms with Gasteiger partial charge in [-0.25, -0.2) is 9.97 Å². The fourth-order valence-corrected chi connectivity index (χ4v) is 0.922. The van der Waals surface area contributed by atoms with Crippen molar-refractivity contribution in [3.05, 3.63) is 22.2 Å². The summed E-state index contributed by atoms with van der Waals surface area (Å²) in [7, 11) is 0. The molecule has 0 aliphatic rings. The molecule has 0 spiro atoms. The van der Waals surface area contributed by atoms with E-state index in [1.807, 2.05) is 0 Å². The van der Waals surface area contributed by atoms with Gasteiger partial charge in [0, 0.05) is 0 Å². The zero-order chi connectivity index (χ0) is 6.85. The van der Waals surface area contributed by atoms with E-state index in [9.17, 15) is 0 Å². The fraction of sp³-hybridized carbons (Fsp3) is 0.200. The second-order valence-electron chi connectivity index (χ2n) is 1.48. The van der Waals surface area contributed by atoms with Crippen LogP contribution in [0.3, 0.4) is 0 Å². The van der Waals surface area contributed by atoms with Crippen LogP contribution in [0.5, 0.6) is 0 Å². The van der Waals surface area contributed by atoms with Gasteiger partial charge in [-0.1, -0.05) is 23.2 Å². The van der Waals surface area contributed by atoms with Crippen LogP contribution >= 0.6 is 23.2 Å². The van der Waals surface area contributed by atoms with Crippen LogP contribution in [0.1, 0.15) is 5.82 Å². The van der Waals surface area contributed by atoms with E-state index in [0.29, 0.717) is 5.82 Å². The van der Waals surface area contributed by atoms with Crippen molar-refractivity contribution in [2.45, 2.75) is 6.92 Å². The Kier molecular flexibility index (Phi) is 1.88. The standard InChI is InChI=1S/C5H3Cl2N2/c1-3-8-4(6)2-5(7)9-3/h1H3. The molecule has 9 heavy (non-hydrogen) atoms. The molecule has 0 aromatic carbocycles. The molecular formula is C5H3Cl2N2. The molecular weight excluding hydrogens is 159 g/mol. The molecule has 1 aromatic rings. The van der Waals surface area contributed by atoms with Gasteiger partial charge in [-0.2, -0.15) is 0 Å². The Hall–Kier alpha value is -0.340. The summed E-state index contributed by atoms with van der Waals surface area (Å²) in [4.78, 5) is 7.50. The number of halogens is 2. The minimum atomic E-state index is 0.257. The minimum absolute atomic E-state index is 0.257. The van der Waals surface area contributed by atoms with Crippen molar-refractivity contribution in [3.8, 4) is 0 Å². The maximum Gasteiger partial charge on any atom is 0.142 e. The lowest BCUT2D eigenvalue weighted by Gasteiger charge is -1.91. The van der Waals surface area contributed by atoms with Gasteiger partial charge in [0.05, 0.1) is 6.07 Å². The summed E-state index contributed by atoms with van der Waals surface area (Å²) in [5.74, 6) is 0.559. The summed E-state index contributed by atoms with van der Waals surface area (Å²) in [5.41, 5.74) is 0. The molecule has 2 nitrogen and oxygen atoms in total. The van der Waals surface area contributed by atoms with Gasteiger partial charge in [-0.3, -0.25) is 0 Å². The van der Waals surface area contributed by atoms with Crippen LogP contribution in [-0.2, 0) is 0 Å². The summed E-state index contributed by atoms with van der Waals surface area (Å²) in [6.45, 7) is 1.71. The second kappa shape index (κ2) is 2.50. The lowest BCUT2D eigenvalue weighted by molar-refractivity contribution is 1.05. The lowest BCUT2D eigenvalue weighted by atomic mass is 10.6. The average Bonchev–Trinajstić information content (AvgIpc) is 1.59. The minimum Gasteiger partial charge on any atom is -0.221 e. The van der Waals surface area contributed by atoms with Crippen LogP contribution in [0.4, 0.5) is 0 Å². The van der Waals surface area contributed by atoms with Crippen molar-refractivity contribution in [1.82, 2.24) is 9.97 Å². The number of aryl methyl sites for hydroxylation is 1. The van der Waals surface area contributed by atoms with E-state index < -0.39 is 0 Å². The molecule has 1 radical (unpaired) electrons. The quantitative estimate of drug-likeness (QED) is 0.544. The highest BCUT2D eigenvalue weighted by atomic mass is 35.5. The molecule has 1 rings (SSSR count). The van der Waals surface area contributed by atoms with Gasteiger partial charge in [-0.05, 0) is 6.92 Å². The summed E-state index contributed by atoms with van der Waals surface area (Å²) in [6.07, 6.45) is 0. The monoisotopic (exact) mass is 161 g/mol. The summed E-state index contributed by atoms with van der Waals surface area (Å²) in [6, 6.07) is 2.52. The first-order valence-electron chi connectivity index (χ1n) is 2.27. The van der Waals surface area contributed by atoms with Crippen LogP contribution in [0.2, 0.25) is 10.3 Å². The van der Waals surface area contributed by atoms with Crippen molar-refractivity contribution in [3.63, 3.8) is 0 Å². The lowest BCUT2D eigenvalue weighted by Crippen LogP contribution is -1.86. The third-order valence-electron chi connectivity index (χ3n) is 0.726. The topological polar surface area (TPSA) is 25.8 Å². The Balaban J connectivity index is 3.17. The van der Waals surface area contributed by atoms with Gasteiger partial charge < -0.3 is 0 Å². The molecule has 0 atom stereocenters. The first kappa shape index (κ1) is 6.78.